The Bertz CT molecular complexity index is 710. The monoisotopic (exact) mass is 364 g/mol. The van der Waals surface area contributed by atoms with Crippen LogP contribution in [-0.2, 0) is 9.47 Å². The first-order valence-electron chi connectivity index (χ1n) is 7.63. The average molecular weight is 365 g/mol. The Morgan fingerprint density at radius 1 is 0.920 bits per heavy atom. The van der Waals surface area contributed by atoms with Crippen LogP contribution in [0.5, 0.6) is 11.5 Å². The second-order valence-electron chi connectivity index (χ2n) is 5.30. The molecule has 0 heterocycles. The molecule has 0 bridgehead atoms. The van der Waals surface area contributed by atoms with Crippen LogP contribution in [0.3, 0.4) is 0 Å². The number of benzene rings is 2. The van der Waals surface area contributed by atoms with Gasteiger partial charge in [0.15, 0.2) is 12.1 Å². The van der Waals surface area contributed by atoms with Gasteiger partial charge in [-0.25, -0.2) is 0 Å². The lowest BCUT2D eigenvalue weighted by atomic mass is 9.89. The van der Waals surface area contributed by atoms with Crippen molar-refractivity contribution in [2.75, 3.05) is 28.4 Å². The van der Waals surface area contributed by atoms with Gasteiger partial charge in [-0.3, -0.25) is 4.79 Å². The van der Waals surface area contributed by atoms with E-state index >= 15 is 0 Å². The van der Waals surface area contributed by atoms with Gasteiger partial charge in [0.05, 0.1) is 25.7 Å². The van der Waals surface area contributed by atoms with E-state index in [2.05, 4.69) is 0 Å². The van der Waals surface area contributed by atoms with Gasteiger partial charge < -0.3 is 18.9 Å². The summed E-state index contributed by atoms with van der Waals surface area (Å²) >= 11 is 5.96. The summed E-state index contributed by atoms with van der Waals surface area (Å²) in [5.41, 5.74) is 1.16. The van der Waals surface area contributed by atoms with Crippen LogP contribution in [0.25, 0.3) is 0 Å². The molecule has 2 aromatic rings. The van der Waals surface area contributed by atoms with Crippen LogP contribution in [0.1, 0.15) is 21.8 Å². The fraction of sp³-hybridized carbons (Fsp3) is 0.316. The first-order valence-corrected chi connectivity index (χ1v) is 8.00. The van der Waals surface area contributed by atoms with Gasteiger partial charge in [0.25, 0.3) is 0 Å². The molecule has 0 saturated heterocycles. The van der Waals surface area contributed by atoms with Crippen molar-refractivity contribution in [3.05, 3.63) is 58.6 Å². The summed E-state index contributed by atoms with van der Waals surface area (Å²) in [5, 5.41) is 0.586. The molecule has 5 nitrogen and oxygen atoms in total. The van der Waals surface area contributed by atoms with Crippen LogP contribution in [-0.4, -0.2) is 40.5 Å². The average Bonchev–Trinajstić information content (AvgIpc) is 2.65. The first kappa shape index (κ1) is 19.2. The molecule has 0 aromatic heterocycles. The largest absolute Gasteiger partial charge is 0.497 e. The lowest BCUT2D eigenvalue weighted by Crippen LogP contribution is -2.30. The van der Waals surface area contributed by atoms with Crippen molar-refractivity contribution >= 4 is 17.4 Å². The molecule has 0 aliphatic heterocycles. The van der Waals surface area contributed by atoms with E-state index in [4.69, 9.17) is 30.5 Å². The van der Waals surface area contributed by atoms with Crippen molar-refractivity contribution in [1.82, 2.24) is 0 Å². The topological polar surface area (TPSA) is 54.0 Å². The van der Waals surface area contributed by atoms with Crippen LogP contribution in [0.15, 0.2) is 42.5 Å². The third-order valence-electron chi connectivity index (χ3n) is 3.92. The van der Waals surface area contributed by atoms with E-state index in [0.717, 1.165) is 5.56 Å². The molecule has 0 aliphatic carbocycles. The molecule has 2 aromatic carbocycles. The Hall–Kier alpha value is -2.08. The van der Waals surface area contributed by atoms with E-state index in [1.165, 1.54) is 21.3 Å². The predicted molar refractivity (Wildman–Crippen MR) is 95.9 cm³/mol. The van der Waals surface area contributed by atoms with E-state index in [-0.39, 0.29) is 5.78 Å². The predicted octanol–water partition coefficient (Wildman–Crippen LogP) is 3.94. The maximum absolute atomic E-state index is 13.3. The standard InChI is InChI=1S/C19H21ClO5/c1-22-14-9-10-15(16(11-14)23-2)18(21)17(19(24-3)25-4)12-5-7-13(20)8-6-12/h5-11,17,19H,1-4H3. The Morgan fingerprint density at radius 3 is 2.08 bits per heavy atom. The highest BCUT2D eigenvalue weighted by Gasteiger charge is 2.32. The van der Waals surface area contributed by atoms with E-state index in [0.29, 0.717) is 22.1 Å². The van der Waals surface area contributed by atoms with Crippen molar-refractivity contribution in [2.45, 2.75) is 12.2 Å². The molecule has 0 saturated carbocycles. The zero-order valence-corrected chi connectivity index (χ0v) is 15.4. The molecule has 0 spiro atoms. The Kier molecular flexibility index (Phi) is 6.82. The maximum atomic E-state index is 13.3. The highest BCUT2D eigenvalue weighted by atomic mass is 35.5. The Morgan fingerprint density at radius 2 is 1.56 bits per heavy atom. The van der Waals surface area contributed by atoms with Gasteiger partial charge in [-0.15, -0.1) is 0 Å². The summed E-state index contributed by atoms with van der Waals surface area (Å²) in [7, 11) is 6.05. The molecule has 1 atom stereocenters. The highest BCUT2D eigenvalue weighted by Crippen LogP contribution is 2.33. The minimum absolute atomic E-state index is 0.185. The molecule has 2 rings (SSSR count). The third-order valence-corrected chi connectivity index (χ3v) is 4.17. The SMILES string of the molecule is COc1ccc(C(=O)C(c2ccc(Cl)cc2)C(OC)OC)c(OC)c1. The molecule has 1 unspecified atom stereocenters. The third kappa shape index (κ3) is 4.31. The van der Waals surface area contributed by atoms with Gasteiger partial charge in [0.2, 0.25) is 0 Å². The molecule has 25 heavy (non-hydrogen) atoms. The fourth-order valence-corrected chi connectivity index (χ4v) is 2.77. The number of carbonyl (C=O) groups excluding carboxylic acids is 1. The quantitative estimate of drug-likeness (QED) is 0.524. The van der Waals surface area contributed by atoms with E-state index in [1.54, 1.807) is 49.6 Å². The molecule has 0 N–H and O–H groups in total. The number of Topliss-reactive ketones (excluding diaryl/α,β-unsaturated/α-hetero) is 1. The smallest absolute Gasteiger partial charge is 0.179 e. The summed E-state index contributed by atoms with van der Waals surface area (Å²) in [5.74, 6) is 0.172. The molecule has 6 heteroatoms. The Labute approximate surface area is 152 Å². The van der Waals surface area contributed by atoms with Gasteiger partial charge in [-0.05, 0) is 29.8 Å². The van der Waals surface area contributed by atoms with Crippen molar-refractivity contribution in [1.29, 1.82) is 0 Å². The summed E-state index contributed by atoms with van der Waals surface area (Å²) < 4.78 is 21.3. The number of hydrogen-bond donors (Lipinski definition) is 0. The van der Waals surface area contributed by atoms with Gasteiger partial charge in [0.1, 0.15) is 11.5 Å². The summed E-state index contributed by atoms with van der Waals surface area (Å²) in [6, 6.07) is 12.1. The van der Waals surface area contributed by atoms with Gasteiger partial charge in [0, 0.05) is 25.3 Å². The Balaban J connectivity index is 2.50. The van der Waals surface area contributed by atoms with Gasteiger partial charge >= 0.3 is 0 Å². The number of methoxy groups -OCH3 is 4. The molecule has 0 aliphatic rings. The fourth-order valence-electron chi connectivity index (χ4n) is 2.64. The highest BCUT2D eigenvalue weighted by molar-refractivity contribution is 6.30. The van der Waals surface area contributed by atoms with Crippen molar-refractivity contribution < 1.29 is 23.7 Å². The minimum atomic E-state index is -0.750. The van der Waals surface area contributed by atoms with E-state index < -0.39 is 12.2 Å². The maximum Gasteiger partial charge on any atom is 0.179 e. The number of hydrogen-bond acceptors (Lipinski definition) is 5. The summed E-state index contributed by atoms with van der Waals surface area (Å²) in [4.78, 5) is 13.3. The van der Waals surface area contributed by atoms with Crippen molar-refractivity contribution in [2.24, 2.45) is 0 Å². The van der Waals surface area contributed by atoms with Gasteiger partial charge in [-0.1, -0.05) is 23.7 Å². The van der Waals surface area contributed by atoms with Crippen molar-refractivity contribution in [3.8, 4) is 11.5 Å². The van der Waals surface area contributed by atoms with Crippen LogP contribution in [0.4, 0.5) is 0 Å². The zero-order chi connectivity index (χ0) is 18.4. The van der Waals surface area contributed by atoms with Crippen molar-refractivity contribution in [3.63, 3.8) is 0 Å². The molecule has 0 fully saturated rings. The molecular formula is C19H21ClO5. The summed E-state index contributed by atoms with van der Waals surface area (Å²) in [6.45, 7) is 0. The second kappa shape index (κ2) is 8.85. The number of ketones is 1. The number of carbonyl (C=O) groups is 1. The molecule has 134 valence electrons. The first-order chi connectivity index (χ1) is 12.0. The van der Waals surface area contributed by atoms with Crippen LogP contribution in [0.2, 0.25) is 5.02 Å². The van der Waals surface area contributed by atoms with Crippen LogP contribution < -0.4 is 9.47 Å². The second-order valence-corrected chi connectivity index (χ2v) is 5.74. The molecule has 0 radical (unpaired) electrons. The normalized spacial score (nSPS) is 12.1. The minimum Gasteiger partial charge on any atom is -0.497 e. The molecular weight excluding hydrogens is 344 g/mol. The summed E-state index contributed by atoms with van der Waals surface area (Å²) in [6.07, 6.45) is -0.750. The van der Waals surface area contributed by atoms with Gasteiger partial charge in [-0.2, -0.15) is 0 Å². The zero-order valence-electron chi connectivity index (χ0n) is 14.6. The van der Waals surface area contributed by atoms with E-state index in [9.17, 15) is 4.79 Å². The van der Waals surface area contributed by atoms with E-state index in [1.807, 2.05) is 0 Å². The lowest BCUT2D eigenvalue weighted by Gasteiger charge is -2.25. The number of halogens is 1. The van der Waals surface area contributed by atoms with Crippen LogP contribution >= 0.6 is 11.6 Å². The number of ether oxygens (including phenoxy) is 4. The number of rotatable bonds is 8. The lowest BCUT2D eigenvalue weighted by molar-refractivity contribution is -0.110. The molecule has 0 amide bonds. The van der Waals surface area contributed by atoms with Crippen LogP contribution in [0, 0.1) is 0 Å².